The predicted molar refractivity (Wildman–Crippen MR) is 127 cm³/mol. The maximum Gasteiger partial charge on any atom is 0.179 e. The lowest BCUT2D eigenvalue weighted by molar-refractivity contribution is 0.577. The van der Waals surface area contributed by atoms with Crippen molar-refractivity contribution in [2.24, 2.45) is 0 Å². The van der Waals surface area contributed by atoms with Gasteiger partial charge < -0.3 is 9.13 Å². The standard InChI is InChI=1S/C27H22F2NOP/c1-20(2)17-26(24-18-21(28)19-25(29)27(24)30-15-9-10-16-30)32(31,22-11-5-3-6-12-22)23-13-7-4-8-14-23/h3-16,18-19H,1-2H3. The molecule has 1 heterocycles. The van der Waals surface area contributed by atoms with Crippen molar-refractivity contribution in [2.75, 3.05) is 0 Å². The highest BCUT2D eigenvalue weighted by Crippen LogP contribution is 2.57. The number of allylic oxidation sites excluding steroid dienone is 1. The molecule has 1 aromatic heterocycles. The molecule has 0 atom stereocenters. The Kier molecular flexibility index (Phi) is 6.10. The Hall–Kier alpha value is -3.45. The molecule has 0 spiro atoms. The van der Waals surface area contributed by atoms with Gasteiger partial charge in [0, 0.05) is 34.6 Å². The summed E-state index contributed by atoms with van der Waals surface area (Å²) in [6.07, 6.45) is 3.35. The van der Waals surface area contributed by atoms with Crippen LogP contribution >= 0.6 is 7.14 Å². The van der Waals surface area contributed by atoms with Crippen molar-refractivity contribution in [3.63, 3.8) is 0 Å². The Morgan fingerprint density at radius 1 is 0.812 bits per heavy atom. The fraction of sp³-hybridized carbons (Fsp3) is 0.0741. The first kappa shape index (κ1) is 21.8. The predicted octanol–water partition coefficient (Wildman–Crippen LogP) is 6.68. The molecule has 4 rings (SSSR count). The van der Waals surface area contributed by atoms with Crippen LogP contribution in [0.2, 0.25) is 0 Å². The van der Waals surface area contributed by atoms with Crippen LogP contribution in [-0.2, 0) is 4.57 Å². The van der Waals surface area contributed by atoms with E-state index in [2.05, 4.69) is 5.73 Å². The summed E-state index contributed by atoms with van der Waals surface area (Å²) >= 11 is 0. The van der Waals surface area contributed by atoms with Gasteiger partial charge in [0.05, 0.1) is 11.0 Å². The van der Waals surface area contributed by atoms with Gasteiger partial charge in [0.1, 0.15) is 5.82 Å². The molecular weight excluding hydrogens is 423 g/mol. The number of rotatable bonds is 5. The third kappa shape index (κ3) is 4.03. The molecule has 4 aromatic rings. The zero-order chi connectivity index (χ0) is 22.7. The van der Waals surface area contributed by atoms with Gasteiger partial charge in [0.25, 0.3) is 0 Å². The summed E-state index contributed by atoms with van der Waals surface area (Å²) in [5.41, 5.74) is 4.30. The molecule has 160 valence electrons. The SMILES string of the molecule is CC(C)=C=C(c1cc(F)cc(F)c1-n1cccc1)P(=O)(c1ccccc1)c1ccccc1. The second-order valence-electron chi connectivity index (χ2n) is 7.63. The van der Waals surface area contributed by atoms with Crippen LogP contribution in [0.25, 0.3) is 11.0 Å². The number of hydrogen-bond acceptors (Lipinski definition) is 1. The fourth-order valence-electron chi connectivity index (χ4n) is 3.73. The molecule has 0 amide bonds. The molecule has 0 unspecified atom stereocenters. The summed E-state index contributed by atoms with van der Waals surface area (Å²) in [6, 6.07) is 23.6. The van der Waals surface area contributed by atoms with E-state index < -0.39 is 18.8 Å². The molecule has 0 fully saturated rings. The van der Waals surface area contributed by atoms with Gasteiger partial charge in [-0.3, -0.25) is 0 Å². The molecule has 0 aliphatic carbocycles. The van der Waals surface area contributed by atoms with Gasteiger partial charge in [-0.05, 0) is 37.6 Å². The number of aromatic nitrogens is 1. The van der Waals surface area contributed by atoms with Crippen molar-refractivity contribution in [1.29, 1.82) is 0 Å². The maximum absolute atomic E-state index is 15.2. The summed E-state index contributed by atoms with van der Waals surface area (Å²) in [4.78, 5) is 0. The summed E-state index contributed by atoms with van der Waals surface area (Å²) < 4.78 is 46.3. The minimum Gasteiger partial charge on any atom is -0.321 e. The molecule has 32 heavy (non-hydrogen) atoms. The molecular formula is C27H22F2NOP. The van der Waals surface area contributed by atoms with Gasteiger partial charge in [0.2, 0.25) is 0 Å². The van der Waals surface area contributed by atoms with E-state index in [9.17, 15) is 4.39 Å². The number of hydrogen-bond donors (Lipinski definition) is 0. The van der Waals surface area contributed by atoms with Crippen LogP contribution in [-0.4, -0.2) is 4.57 Å². The third-order valence-corrected chi connectivity index (χ3v) is 8.10. The van der Waals surface area contributed by atoms with Crippen molar-refractivity contribution >= 4 is 23.1 Å². The monoisotopic (exact) mass is 445 g/mol. The van der Waals surface area contributed by atoms with E-state index in [0.29, 0.717) is 10.6 Å². The lowest BCUT2D eigenvalue weighted by atomic mass is 10.1. The van der Waals surface area contributed by atoms with Gasteiger partial charge in [-0.2, -0.15) is 0 Å². The largest absolute Gasteiger partial charge is 0.321 e. The average Bonchev–Trinajstić information content (AvgIpc) is 3.32. The van der Waals surface area contributed by atoms with Gasteiger partial charge in [0.15, 0.2) is 13.0 Å². The zero-order valence-electron chi connectivity index (χ0n) is 17.8. The highest BCUT2D eigenvalue weighted by molar-refractivity contribution is 7.87. The van der Waals surface area contributed by atoms with Crippen LogP contribution in [0.5, 0.6) is 0 Å². The molecule has 0 radical (unpaired) electrons. The van der Waals surface area contributed by atoms with Crippen LogP contribution in [0, 0.1) is 11.6 Å². The van der Waals surface area contributed by atoms with E-state index in [0.717, 1.165) is 11.6 Å². The topological polar surface area (TPSA) is 22.0 Å². The average molecular weight is 445 g/mol. The summed E-state index contributed by atoms with van der Waals surface area (Å²) in [5.74, 6) is -1.48. The van der Waals surface area contributed by atoms with Crippen LogP contribution in [0.3, 0.4) is 0 Å². The second-order valence-corrected chi connectivity index (χ2v) is 10.3. The highest BCUT2D eigenvalue weighted by atomic mass is 31.2. The Balaban J connectivity index is 2.15. The Morgan fingerprint density at radius 3 is 1.84 bits per heavy atom. The lowest BCUT2D eigenvalue weighted by Gasteiger charge is -2.24. The van der Waals surface area contributed by atoms with E-state index in [1.54, 1.807) is 53.4 Å². The Morgan fingerprint density at radius 2 is 1.34 bits per heavy atom. The van der Waals surface area contributed by atoms with E-state index in [4.69, 9.17) is 0 Å². The van der Waals surface area contributed by atoms with Gasteiger partial charge >= 0.3 is 0 Å². The van der Waals surface area contributed by atoms with Crippen LogP contribution in [0.15, 0.2) is 109 Å². The number of benzene rings is 3. The molecule has 3 aromatic carbocycles. The summed E-state index contributed by atoms with van der Waals surface area (Å²) in [6.45, 7) is 3.65. The molecule has 0 aliphatic rings. The molecule has 0 bridgehead atoms. The number of nitrogens with zero attached hydrogens (tertiary/aromatic N) is 1. The third-order valence-electron chi connectivity index (χ3n) is 5.07. The summed E-state index contributed by atoms with van der Waals surface area (Å²) in [7, 11) is -3.54. The minimum absolute atomic E-state index is 0.132. The highest BCUT2D eigenvalue weighted by Gasteiger charge is 2.35. The minimum atomic E-state index is -3.54. The summed E-state index contributed by atoms with van der Waals surface area (Å²) in [5, 5.41) is 1.40. The van der Waals surface area contributed by atoms with Gasteiger partial charge in [-0.15, -0.1) is 5.73 Å². The first-order valence-corrected chi connectivity index (χ1v) is 11.9. The zero-order valence-corrected chi connectivity index (χ0v) is 18.7. The number of halogens is 2. The quantitative estimate of drug-likeness (QED) is 0.248. The van der Waals surface area contributed by atoms with Crippen molar-refractivity contribution in [1.82, 2.24) is 4.57 Å². The van der Waals surface area contributed by atoms with Gasteiger partial charge in [-0.25, -0.2) is 8.78 Å². The lowest BCUT2D eigenvalue weighted by Crippen LogP contribution is -2.18. The smallest absolute Gasteiger partial charge is 0.179 e. The Labute approximate surface area is 186 Å². The van der Waals surface area contributed by atoms with Crippen LogP contribution in [0.1, 0.15) is 19.4 Å². The Bertz CT molecular complexity index is 1310. The first-order chi connectivity index (χ1) is 15.4. The van der Waals surface area contributed by atoms with E-state index in [1.165, 1.54) is 6.07 Å². The van der Waals surface area contributed by atoms with Crippen molar-refractivity contribution < 1.29 is 13.3 Å². The molecule has 0 aliphatic heterocycles. The van der Waals surface area contributed by atoms with Crippen molar-refractivity contribution in [3.8, 4) is 5.69 Å². The van der Waals surface area contributed by atoms with Gasteiger partial charge in [-0.1, -0.05) is 60.7 Å². The van der Waals surface area contributed by atoms with E-state index in [-0.39, 0.29) is 16.6 Å². The fourth-order valence-corrected chi connectivity index (χ4v) is 6.62. The first-order valence-electron chi connectivity index (χ1n) is 10.2. The van der Waals surface area contributed by atoms with Crippen molar-refractivity contribution in [2.45, 2.75) is 13.8 Å². The van der Waals surface area contributed by atoms with Crippen LogP contribution in [0.4, 0.5) is 8.78 Å². The second kappa shape index (κ2) is 8.96. The molecule has 0 N–H and O–H groups in total. The van der Waals surface area contributed by atoms with Crippen LogP contribution < -0.4 is 10.6 Å². The normalized spacial score (nSPS) is 11.1. The molecule has 0 saturated carbocycles. The molecule has 5 heteroatoms. The maximum atomic E-state index is 15.2. The molecule has 2 nitrogen and oxygen atoms in total. The van der Waals surface area contributed by atoms with E-state index in [1.807, 2.05) is 50.2 Å². The molecule has 0 saturated heterocycles. The van der Waals surface area contributed by atoms with E-state index >= 15 is 8.96 Å². The van der Waals surface area contributed by atoms with Crippen molar-refractivity contribution in [3.05, 3.63) is 126 Å².